The SMILES string of the molecule is Cc1ccc(C=C(O)C(=O)[C@H](O)[C@@H](O)[C@H](O)C(O)=Cc2ccc(C)cc2)cc1. The number of hydrogen-bond donors (Lipinski definition) is 5. The summed E-state index contributed by atoms with van der Waals surface area (Å²) in [5.74, 6) is -2.56. The average molecular weight is 384 g/mol. The summed E-state index contributed by atoms with van der Waals surface area (Å²) >= 11 is 0. The number of Topliss-reactive ketones (excluding diaryl/α,β-unsaturated/α-hetero) is 1. The standard InChI is InChI=1S/C22H24O6/c1-13-3-7-15(8-4-13)11-17(23)19(25)21(27)22(28)20(26)18(24)12-16-9-5-14(2)6-10-16/h3-12,19,21-25,27-28H,1-2H3/t19-,21+,22+/m1/s1. The molecule has 0 saturated carbocycles. The molecule has 6 heteroatoms. The van der Waals surface area contributed by atoms with E-state index < -0.39 is 35.6 Å². The van der Waals surface area contributed by atoms with Crippen LogP contribution in [0.1, 0.15) is 22.3 Å². The third-order valence-corrected chi connectivity index (χ3v) is 4.24. The van der Waals surface area contributed by atoms with E-state index in [2.05, 4.69) is 0 Å². The maximum atomic E-state index is 12.1. The Morgan fingerprint density at radius 1 is 0.750 bits per heavy atom. The predicted molar refractivity (Wildman–Crippen MR) is 107 cm³/mol. The Kier molecular flexibility index (Phi) is 7.12. The van der Waals surface area contributed by atoms with Crippen molar-refractivity contribution >= 4 is 17.9 Å². The van der Waals surface area contributed by atoms with Crippen LogP contribution in [0.4, 0.5) is 0 Å². The number of aliphatic hydroxyl groups is 5. The molecule has 5 N–H and O–H groups in total. The van der Waals surface area contributed by atoms with Crippen molar-refractivity contribution < 1.29 is 30.3 Å². The zero-order valence-electron chi connectivity index (χ0n) is 15.6. The molecule has 0 heterocycles. The van der Waals surface area contributed by atoms with E-state index in [1.165, 1.54) is 6.08 Å². The molecular formula is C22H24O6. The van der Waals surface area contributed by atoms with Gasteiger partial charge in [-0.15, -0.1) is 0 Å². The van der Waals surface area contributed by atoms with Gasteiger partial charge in [0.05, 0.1) is 0 Å². The van der Waals surface area contributed by atoms with Gasteiger partial charge < -0.3 is 25.5 Å². The van der Waals surface area contributed by atoms with Crippen molar-refractivity contribution in [2.45, 2.75) is 32.2 Å². The van der Waals surface area contributed by atoms with Gasteiger partial charge in [-0.2, -0.15) is 0 Å². The molecule has 0 unspecified atom stereocenters. The number of ketones is 1. The van der Waals surface area contributed by atoms with Crippen molar-refractivity contribution in [2.75, 3.05) is 0 Å². The number of aryl methyl sites for hydroxylation is 2. The molecule has 0 bridgehead atoms. The number of carbonyl (C=O) groups excluding carboxylic acids is 1. The van der Waals surface area contributed by atoms with Gasteiger partial charge in [0.25, 0.3) is 0 Å². The van der Waals surface area contributed by atoms with Crippen molar-refractivity contribution in [3.8, 4) is 0 Å². The highest BCUT2D eigenvalue weighted by Gasteiger charge is 2.34. The Hall–Kier alpha value is -2.93. The molecule has 0 aliphatic heterocycles. The van der Waals surface area contributed by atoms with E-state index in [0.29, 0.717) is 11.1 Å². The molecule has 28 heavy (non-hydrogen) atoms. The Morgan fingerprint density at radius 3 is 1.64 bits per heavy atom. The molecule has 2 aromatic rings. The second-order valence-corrected chi connectivity index (χ2v) is 6.66. The van der Waals surface area contributed by atoms with Crippen LogP contribution in [-0.4, -0.2) is 49.6 Å². The van der Waals surface area contributed by atoms with Crippen molar-refractivity contribution in [3.63, 3.8) is 0 Å². The summed E-state index contributed by atoms with van der Waals surface area (Å²) in [4.78, 5) is 12.1. The molecule has 6 nitrogen and oxygen atoms in total. The highest BCUT2D eigenvalue weighted by atomic mass is 16.4. The number of rotatable bonds is 7. The topological polar surface area (TPSA) is 118 Å². The van der Waals surface area contributed by atoms with Crippen LogP contribution in [0, 0.1) is 13.8 Å². The first-order chi connectivity index (χ1) is 13.2. The lowest BCUT2D eigenvalue weighted by Gasteiger charge is -2.21. The Morgan fingerprint density at radius 2 is 1.18 bits per heavy atom. The van der Waals surface area contributed by atoms with E-state index in [1.807, 2.05) is 13.8 Å². The van der Waals surface area contributed by atoms with Gasteiger partial charge in [0.15, 0.2) is 5.76 Å². The Bertz CT molecular complexity index is 865. The van der Waals surface area contributed by atoms with Crippen molar-refractivity contribution in [1.82, 2.24) is 0 Å². The maximum absolute atomic E-state index is 12.1. The first-order valence-electron chi connectivity index (χ1n) is 8.72. The van der Waals surface area contributed by atoms with Gasteiger partial charge in [0.1, 0.15) is 24.1 Å². The Labute approximate surface area is 163 Å². The maximum Gasteiger partial charge on any atom is 0.228 e. The molecular weight excluding hydrogens is 360 g/mol. The second kappa shape index (κ2) is 9.32. The lowest BCUT2D eigenvalue weighted by Crippen LogP contribution is -2.43. The zero-order chi connectivity index (χ0) is 20.8. The van der Waals surface area contributed by atoms with Gasteiger partial charge >= 0.3 is 0 Å². The summed E-state index contributed by atoms with van der Waals surface area (Å²) in [7, 11) is 0. The number of aliphatic hydroxyl groups excluding tert-OH is 5. The average Bonchev–Trinajstić information content (AvgIpc) is 2.69. The van der Waals surface area contributed by atoms with E-state index in [1.54, 1.807) is 48.5 Å². The summed E-state index contributed by atoms with van der Waals surface area (Å²) < 4.78 is 0. The van der Waals surface area contributed by atoms with Gasteiger partial charge in [-0.25, -0.2) is 0 Å². The molecule has 2 aromatic carbocycles. The van der Waals surface area contributed by atoms with Crippen LogP contribution < -0.4 is 0 Å². The smallest absolute Gasteiger partial charge is 0.228 e. The normalized spacial score (nSPS) is 15.8. The molecule has 0 fully saturated rings. The summed E-state index contributed by atoms with van der Waals surface area (Å²) in [6.45, 7) is 3.78. The van der Waals surface area contributed by atoms with Crippen LogP contribution in [0.3, 0.4) is 0 Å². The predicted octanol–water partition coefficient (Wildman–Crippen LogP) is 2.45. The minimum Gasteiger partial charge on any atom is -0.509 e. The third-order valence-electron chi connectivity index (χ3n) is 4.24. The van der Waals surface area contributed by atoms with E-state index >= 15 is 0 Å². The molecule has 0 saturated heterocycles. The van der Waals surface area contributed by atoms with E-state index in [9.17, 15) is 30.3 Å². The number of carbonyl (C=O) groups is 1. The van der Waals surface area contributed by atoms with Gasteiger partial charge in [-0.3, -0.25) is 4.79 Å². The molecule has 0 amide bonds. The summed E-state index contributed by atoms with van der Waals surface area (Å²) in [6.07, 6.45) is -3.70. The van der Waals surface area contributed by atoms with Crippen LogP contribution in [-0.2, 0) is 4.79 Å². The highest BCUT2D eigenvalue weighted by Crippen LogP contribution is 2.16. The zero-order valence-corrected chi connectivity index (χ0v) is 15.6. The van der Waals surface area contributed by atoms with Crippen molar-refractivity contribution in [2.24, 2.45) is 0 Å². The summed E-state index contributed by atoms with van der Waals surface area (Å²) in [5, 5.41) is 50.0. The minimum absolute atomic E-state index is 0.529. The monoisotopic (exact) mass is 384 g/mol. The molecule has 0 radical (unpaired) electrons. The third kappa shape index (κ3) is 5.53. The van der Waals surface area contributed by atoms with Crippen LogP contribution in [0.2, 0.25) is 0 Å². The fraction of sp³-hybridized carbons (Fsp3) is 0.227. The molecule has 0 aromatic heterocycles. The Balaban J connectivity index is 2.10. The van der Waals surface area contributed by atoms with Gasteiger partial charge in [0, 0.05) is 0 Å². The van der Waals surface area contributed by atoms with E-state index in [-0.39, 0.29) is 0 Å². The first kappa shape index (κ1) is 21.4. The van der Waals surface area contributed by atoms with E-state index in [0.717, 1.165) is 17.2 Å². The van der Waals surface area contributed by atoms with Crippen molar-refractivity contribution in [3.05, 3.63) is 82.3 Å². The molecule has 2 rings (SSSR count). The molecule has 148 valence electrons. The largest absolute Gasteiger partial charge is 0.509 e. The first-order valence-corrected chi connectivity index (χ1v) is 8.72. The van der Waals surface area contributed by atoms with Crippen LogP contribution in [0.5, 0.6) is 0 Å². The van der Waals surface area contributed by atoms with Crippen molar-refractivity contribution in [1.29, 1.82) is 0 Å². The summed E-state index contributed by atoms with van der Waals surface area (Å²) in [5.41, 5.74) is 3.10. The number of benzene rings is 2. The van der Waals surface area contributed by atoms with Crippen LogP contribution in [0.25, 0.3) is 12.2 Å². The fourth-order valence-electron chi connectivity index (χ4n) is 2.46. The quantitative estimate of drug-likeness (QED) is 0.370. The van der Waals surface area contributed by atoms with E-state index in [4.69, 9.17) is 0 Å². The summed E-state index contributed by atoms with van der Waals surface area (Å²) in [6, 6.07) is 13.9. The van der Waals surface area contributed by atoms with Crippen LogP contribution >= 0.6 is 0 Å². The van der Waals surface area contributed by atoms with Gasteiger partial charge in [0.2, 0.25) is 5.78 Å². The van der Waals surface area contributed by atoms with Gasteiger partial charge in [-0.1, -0.05) is 59.7 Å². The molecule has 0 aliphatic rings. The second-order valence-electron chi connectivity index (χ2n) is 6.66. The minimum atomic E-state index is -2.12. The van der Waals surface area contributed by atoms with Crippen LogP contribution in [0.15, 0.2) is 60.0 Å². The molecule has 3 atom stereocenters. The van der Waals surface area contributed by atoms with Gasteiger partial charge in [-0.05, 0) is 37.1 Å². The highest BCUT2D eigenvalue weighted by molar-refractivity contribution is 6.00. The number of hydrogen-bond acceptors (Lipinski definition) is 6. The lowest BCUT2D eigenvalue weighted by molar-refractivity contribution is -0.136. The lowest BCUT2D eigenvalue weighted by atomic mass is 9.99. The fourth-order valence-corrected chi connectivity index (χ4v) is 2.46. The molecule has 0 aliphatic carbocycles. The molecule has 0 spiro atoms.